The van der Waals surface area contributed by atoms with Crippen LogP contribution in [0, 0.1) is 5.82 Å². The summed E-state index contributed by atoms with van der Waals surface area (Å²) >= 11 is 0. The summed E-state index contributed by atoms with van der Waals surface area (Å²) in [4.78, 5) is 0. The zero-order valence-electron chi connectivity index (χ0n) is 9.35. The van der Waals surface area contributed by atoms with E-state index in [0.717, 1.165) is 30.7 Å². The normalized spacial score (nSPS) is 10.3. The minimum atomic E-state index is -0.204. The van der Waals surface area contributed by atoms with Crippen molar-refractivity contribution in [3.8, 4) is 5.75 Å². The second-order valence-corrected chi connectivity index (χ2v) is 3.45. The third-order valence-electron chi connectivity index (χ3n) is 2.13. The van der Waals surface area contributed by atoms with Gasteiger partial charge in [-0.05, 0) is 50.2 Å². The second kappa shape index (κ2) is 6.40. The van der Waals surface area contributed by atoms with E-state index in [1.54, 1.807) is 12.1 Å². The van der Waals surface area contributed by atoms with Gasteiger partial charge in [-0.15, -0.1) is 0 Å². The van der Waals surface area contributed by atoms with Gasteiger partial charge in [-0.1, -0.05) is 6.92 Å². The van der Waals surface area contributed by atoms with Gasteiger partial charge in [0.05, 0.1) is 6.61 Å². The molecule has 0 aliphatic heterocycles. The van der Waals surface area contributed by atoms with Gasteiger partial charge in [-0.2, -0.15) is 0 Å². The highest BCUT2D eigenvalue weighted by atomic mass is 19.1. The van der Waals surface area contributed by atoms with Crippen LogP contribution in [0.2, 0.25) is 0 Å². The van der Waals surface area contributed by atoms with E-state index in [-0.39, 0.29) is 5.82 Å². The standard InChI is InChI=1S/C12H18FNO/c1-3-8-15-12-5-4-11(13)9-10(12)6-7-14-2/h4-5,9,14H,3,6-8H2,1-2H3. The molecule has 0 heterocycles. The lowest BCUT2D eigenvalue weighted by molar-refractivity contribution is 0.313. The Labute approximate surface area is 90.4 Å². The topological polar surface area (TPSA) is 21.3 Å². The molecule has 0 aliphatic carbocycles. The van der Waals surface area contributed by atoms with Crippen LogP contribution in [0.3, 0.4) is 0 Å². The van der Waals surface area contributed by atoms with Crippen LogP contribution in [0.1, 0.15) is 18.9 Å². The fraction of sp³-hybridized carbons (Fsp3) is 0.500. The molecule has 1 aromatic rings. The van der Waals surface area contributed by atoms with Crippen LogP contribution in [0.25, 0.3) is 0 Å². The van der Waals surface area contributed by atoms with E-state index in [4.69, 9.17) is 4.74 Å². The van der Waals surface area contributed by atoms with E-state index in [1.807, 2.05) is 7.05 Å². The predicted molar refractivity (Wildman–Crippen MR) is 59.8 cm³/mol. The molecule has 84 valence electrons. The molecule has 0 aliphatic rings. The summed E-state index contributed by atoms with van der Waals surface area (Å²) in [5.41, 5.74) is 0.929. The predicted octanol–water partition coefficient (Wildman–Crippen LogP) is 2.38. The maximum Gasteiger partial charge on any atom is 0.123 e. The van der Waals surface area contributed by atoms with Crippen LogP contribution in [-0.2, 0) is 6.42 Å². The lowest BCUT2D eigenvalue weighted by atomic mass is 10.1. The summed E-state index contributed by atoms with van der Waals surface area (Å²) in [6, 6.07) is 4.69. The Morgan fingerprint density at radius 1 is 1.40 bits per heavy atom. The van der Waals surface area contributed by atoms with Crippen molar-refractivity contribution in [2.24, 2.45) is 0 Å². The molecule has 0 atom stereocenters. The zero-order valence-corrected chi connectivity index (χ0v) is 9.35. The smallest absolute Gasteiger partial charge is 0.123 e. The molecule has 1 aromatic carbocycles. The fourth-order valence-corrected chi connectivity index (χ4v) is 1.36. The van der Waals surface area contributed by atoms with Crippen LogP contribution in [-0.4, -0.2) is 20.2 Å². The molecular weight excluding hydrogens is 193 g/mol. The number of ether oxygens (including phenoxy) is 1. The van der Waals surface area contributed by atoms with Gasteiger partial charge in [0.2, 0.25) is 0 Å². The van der Waals surface area contributed by atoms with Gasteiger partial charge in [0.1, 0.15) is 11.6 Å². The van der Waals surface area contributed by atoms with Gasteiger partial charge < -0.3 is 10.1 Å². The molecule has 0 saturated heterocycles. The first-order chi connectivity index (χ1) is 7.27. The molecule has 0 unspecified atom stereocenters. The fourth-order valence-electron chi connectivity index (χ4n) is 1.36. The van der Waals surface area contributed by atoms with Crippen LogP contribution in [0.4, 0.5) is 4.39 Å². The lowest BCUT2D eigenvalue weighted by Crippen LogP contribution is -2.11. The van der Waals surface area contributed by atoms with E-state index >= 15 is 0 Å². The first-order valence-electron chi connectivity index (χ1n) is 5.33. The molecule has 1 N–H and O–H groups in total. The second-order valence-electron chi connectivity index (χ2n) is 3.45. The minimum absolute atomic E-state index is 0.204. The average Bonchev–Trinajstić information content (AvgIpc) is 2.25. The van der Waals surface area contributed by atoms with Crippen LogP contribution in [0.15, 0.2) is 18.2 Å². The zero-order chi connectivity index (χ0) is 11.1. The third kappa shape index (κ3) is 3.88. The van der Waals surface area contributed by atoms with E-state index in [1.165, 1.54) is 6.07 Å². The number of hydrogen-bond acceptors (Lipinski definition) is 2. The van der Waals surface area contributed by atoms with Crippen molar-refractivity contribution >= 4 is 0 Å². The van der Waals surface area contributed by atoms with Crippen molar-refractivity contribution in [3.63, 3.8) is 0 Å². The van der Waals surface area contributed by atoms with Crippen molar-refractivity contribution in [2.45, 2.75) is 19.8 Å². The maximum atomic E-state index is 13.0. The quantitative estimate of drug-likeness (QED) is 0.780. The highest BCUT2D eigenvalue weighted by Gasteiger charge is 2.04. The van der Waals surface area contributed by atoms with E-state index in [2.05, 4.69) is 12.2 Å². The van der Waals surface area contributed by atoms with Crippen LogP contribution >= 0.6 is 0 Å². The summed E-state index contributed by atoms with van der Waals surface area (Å²) in [5.74, 6) is 0.596. The number of benzene rings is 1. The minimum Gasteiger partial charge on any atom is -0.493 e. The number of halogens is 1. The highest BCUT2D eigenvalue weighted by Crippen LogP contribution is 2.20. The molecule has 0 bridgehead atoms. The number of nitrogens with one attached hydrogen (secondary N) is 1. The number of hydrogen-bond donors (Lipinski definition) is 1. The maximum absolute atomic E-state index is 13.0. The van der Waals surface area contributed by atoms with Gasteiger partial charge in [0.25, 0.3) is 0 Å². The van der Waals surface area contributed by atoms with Crippen molar-refractivity contribution in [3.05, 3.63) is 29.6 Å². The van der Waals surface area contributed by atoms with Gasteiger partial charge >= 0.3 is 0 Å². The summed E-state index contributed by atoms with van der Waals surface area (Å²) in [6.45, 7) is 3.56. The van der Waals surface area contributed by atoms with E-state index in [9.17, 15) is 4.39 Å². The lowest BCUT2D eigenvalue weighted by Gasteiger charge is -2.10. The van der Waals surface area contributed by atoms with Gasteiger partial charge in [0, 0.05) is 0 Å². The Kier molecular flexibility index (Phi) is 5.12. The van der Waals surface area contributed by atoms with Crippen molar-refractivity contribution < 1.29 is 9.13 Å². The summed E-state index contributed by atoms with van der Waals surface area (Å²) < 4.78 is 18.6. The number of rotatable bonds is 6. The summed E-state index contributed by atoms with van der Waals surface area (Å²) in [6.07, 6.45) is 1.75. The largest absolute Gasteiger partial charge is 0.493 e. The van der Waals surface area contributed by atoms with E-state index < -0.39 is 0 Å². The first kappa shape index (κ1) is 12.0. The Bertz CT molecular complexity index is 302. The Hall–Kier alpha value is -1.09. The highest BCUT2D eigenvalue weighted by molar-refractivity contribution is 5.34. The molecular formula is C12H18FNO. The molecule has 15 heavy (non-hydrogen) atoms. The monoisotopic (exact) mass is 211 g/mol. The molecule has 2 nitrogen and oxygen atoms in total. The van der Waals surface area contributed by atoms with Gasteiger partial charge in [0.15, 0.2) is 0 Å². The van der Waals surface area contributed by atoms with Crippen LogP contribution in [0.5, 0.6) is 5.75 Å². The van der Waals surface area contributed by atoms with Crippen LogP contribution < -0.4 is 10.1 Å². The molecule has 0 aromatic heterocycles. The van der Waals surface area contributed by atoms with Crippen molar-refractivity contribution in [2.75, 3.05) is 20.2 Å². The average molecular weight is 211 g/mol. The molecule has 1 rings (SSSR count). The van der Waals surface area contributed by atoms with E-state index in [0.29, 0.717) is 6.61 Å². The molecule has 0 amide bonds. The molecule has 0 radical (unpaired) electrons. The molecule has 0 saturated carbocycles. The SMILES string of the molecule is CCCOc1ccc(F)cc1CCNC. The Balaban J connectivity index is 2.73. The molecule has 0 fully saturated rings. The molecule has 0 spiro atoms. The Morgan fingerprint density at radius 3 is 2.87 bits per heavy atom. The summed E-state index contributed by atoms with van der Waals surface area (Å²) in [5, 5.41) is 3.04. The Morgan fingerprint density at radius 2 is 2.20 bits per heavy atom. The number of likely N-dealkylation sites (N-methyl/N-ethyl adjacent to an activating group) is 1. The van der Waals surface area contributed by atoms with Crippen molar-refractivity contribution in [1.82, 2.24) is 5.32 Å². The van der Waals surface area contributed by atoms with Gasteiger partial charge in [-0.25, -0.2) is 4.39 Å². The molecule has 3 heteroatoms. The van der Waals surface area contributed by atoms with Crippen molar-refractivity contribution in [1.29, 1.82) is 0 Å². The first-order valence-corrected chi connectivity index (χ1v) is 5.33. The third-order valence-corrected chi connectivity index (χ3v) is 2.13. The summed E-state index contributed by atoms with van der Waals surface area (Å²) in [7, 11) is 1.88. The van der Waals surface area contributed by atoms with Gasteiger partial charge in [-0.3, -0.25) is 0 Å².